The Morgan fingerprint density at radius 3 is 2.52 bits per heavy atom. The van der Waals surface area contributed by atoms with Gasteiger partial charge in [-0.2, -0.15) is 0 Å². The number of imidazole rings is 1. The highest BCUT2D eigenvalue weighted by atomic mass is 16.7. The third-order valence-corrected chi connectivity index (χ3v) is 5.57. The van der Waals surface area contributed by atoms with Gasteiger partial charge in [-0.05, 0) is 42.9 Å². The van der Waals surface area contributed by atoms with Crippen molar-refractivity contribution in [2.75, 3.05) is 47.4 Å². The molecule has 2 heterocycles. The van der Waals surface area contributed by atoms with Gasteiger partial charge in [0.15, 0.2) is 0 Å². The van der Waals surface area contributed by atoms with Crippen molar-refractivity contribution in [3.05, 3.63) is 59.9 Å². The van der Waals surface area contributed by atoms with Gasteiger partial charge < -0.3 is 4.90 Å². The molecule has 4 rings (SSSR count). The molecular formula is C22H27N5O2. The zero-order valence-corrected chi connectivity index (χ0v) is 17.2. The number of benzene rings is 2. The van der Waals surface area contributed by atoms with Crippen LogP contribution < -0.4 is 0 Å². The summed E-state index contributed by atoms with van der Waals surface area (Å²) in [5, 5.41) is 1.22. The Kier molecular flexibility index (Phi) is 5.62. The van der Waals surface area contributed by atoms with E-state index in [-0.39, 0.29) is 5.91 Å². The average Bonchev–Trinajstić information content (AvgIpc) is 3.18. The van der Waals surface area contributed by atoms with Crippen LogP contribution in [0.25, 0.3) is 16.7 Å². The zero-order chi connectivity index (χ0) is 20.4. The normalized spacial score (nSPS) is 15.7. The Morgan fingerprint density at radius 1 is 1.10 bits per heavy atom. The van der Waals surface area contributed by atoms with E-state index < -0.39 is 0 Å². The Bertz CT molecular complexity index is 990. The maximum Gasteiger partial charge on any atom is 0.277 e. The van der Waals surface area contributed by atoms with Crippen LogP contribution >= 0.6 is 0 Å². The number of piperazine rings is 1. The van der Waals surface area contributed by atoms with Gasteiger partial charge in [-0.1, -0.05) is 12.1 Å². The van der Waals surface area contributed by atoms with Crippen LogP contribution in [-0.4, -0.2) is 77.7 Å². The summed E-state index contributed by atoms with van der Waals surface area (Å²) in [6.07, 6.45) is 1.80. The molecule has 1 aromatic heterocycles. The molecule has 2 aromatic carbocycles. The van der Waals surface area contributed by atoms with Gasteiger partial charge in [-0.15, -0.1) is 0 Å². The summed E-state index contributed by atoms with van der Waals surface area (Å²) < 4.78 is 2.01. The number of aromatic nitrogens is 2. The maximum atomic E-state index is 12.4. The lowest BCUT2D eigenvalue weighted by molar-refractivity contribution is -0.0756. The highest BCUT2D eigenvalue weighted by molar-refractivity contribution is 5.97. The van der Waals surface area contributed by atoms with Gasteiger partial charge in [0.25, 0.3) is 5.91 Å². The van der Waals surface area contributed by atoms with E-state index in [9.17, 15) is 4.79 Å². The van der Waals surface area contributed by atoms with Gasteiger partial charge in [0.1, 0.15) is 6.33 Å². The van der Waals surface area contributed by atoms with Gasteiger partial charge in [-0.25, -0.2) is 10.0 Å². The van der Waals surface area contributed by atoms with Crippen molar-refractivity contribution in [3.63, 3.8) is 0 Å². The first-order chi connectivity index (χ1) is 14.0. The van der Waals surface area contributed by atoms with Crippen molar-refractivity contribution in [1.82, 2.24) is 24.4 Å². The van der Waals surface area contributed by atoms with Crippen LogP contribution in [-0.2, 0) is 11.4 Å². The van der Waals surface area contributed by atoms with E-state index in [0.717, 1.165) is 49.4 Å². The number of carbonyl (C=O) groups is 1. The molecule has 7 nitrogen and oxygen atoms in total. The van der Waals surface area contributed by atoms with Crippen LogP contribution in [0, 0.1) is 0 Å². The summed E-state index contributed by atoms with van der Waals surface area (Å²) in [6, 6.07) is 14.1. The van der Waals surface area contributed by atoms with E-state index in [4.69, 9.17) is 4.84 Å². The Morgan fingerprint density at radius 2 is 1.83 bits per heavy atom. The summed E-state index contributed by atoms with van der Waals surface area (Å²) in [7, 11) is 5.25. The number of rotatable bonds is 5. The monoisotopic (exact) mass is 393 g/mol. The van der Waals surface area contributed by atoms with Crippen LogP contribution in [0.4, 0.5) is 0 Å². The summed E-state index contributed by atoms with van der Waals surface area (Å²) in [5.74, 6) is -0.190. The minimum atomic E-state index is -0.190. The van der Waals surface area contributed by atoms with Gasteiger partial charge >= 0.3 is 0 Å². The second-order valence-corrected chi connectivity index (χ2v) is 7.55. The molecule has 0 unspecified atom stereocenters. The molecule has 1 fully saturated rings. The summed E-state index contributed by atoms with van der Waals surface area (Å²) in [6.45, 7) is 5.44. The quantitative estimate of drug-likeness (QED) is 0.623. The number of hydrogen-bond acceptors (Lipinski definition) is 5. The fraction of sp³-hybridized carbons (Fsp3) is 0.364. The van der Waals surface area contributed by atoms with Crippen molar-refractivity contribution in [2.45, 2.75) is 6.54 Å². The summed E-state index contributed by atoms with van der Waals surface area (Å²) >= 11 is 0. The molecule has 1 aliphatic heterocycles. The lowest BCUT2D eigenvalue weighted by atomic mass is 10.1. The first-order valence-electron chi connectivity index (χ1n) is 9.84. The van der Waals surface area contributed by atoms with Crippen LogP contribution in [0.2, 0.25) is 0 Å². The Hall–Kier alpha value is -2.74. The van der Waals surface area contributed by atoms with Crippen molar-refractivity contribution in [1.29, 1.82) is 0 Å². The average molecular weight is 393 g/mol. The van der Waals surface area contributed by atoms with Crippen LogP contribution in [0.5, 0.6) is 0 Å². The molecule has 0 atom stereocenters. The standard InChI is InChI=1S/C22H27N5O2/c1-24-10-12-26(13-11-24)15-17-4-7-19(8-5-17)27-16-23-20-9-6-18(14-21(20)27)22(28)25(2)29-3/h4-9,14,16H,10-13,15H2,1-3H3. The van der Waals surface area contributed by atoms with E-state index in [1.807, 2.05) is 16.7 Å². The molecule has 1 saturated heterocycles. The number of carbonyl (C=O) groups excluding carboxylic acids is 1. The predicted octanol–water partition coefficient (Wildman–Crippen LogP) is 2.41. The predicted molar refractivity (Wildman–Crippen MR) is 113 cm³/mol. The molecule has 0 N–H and O–H groups in total. The number of hydrogen-bond donors (Lipinski definition) is 0. The Balaban J connectivity index is 1.55. The van der Waals surface area contributed by atoms with Crippen molar-refractivity contribution in [2.24, 2.45) is 0 Å². The fourth-order valence-electron chi connectivity index (χ4n) is 3.64. The van der Waals surface area contributed by atoms with Gasteiger partial charge in [0.05, 0.1) is 18.1 Å². The topological polar surface area (TPSA) is 53.8 Å². The smallest absolute Gasteiger partial charge is 0.277 e. The second kappa shape index (κ2) is 8.32. The van der Waals surface area contributed by atoms with Gasteiger partial charge in [0.2, 0.25) is 0 Å². The van der Waals surface area contributed by atoms with Crippen molar-refractivity contribution in [3.8, 4) is 5.69 Å². The molecule has 0 aliphatic carbocycles. The zero-order valence-electron chi connectivity index (χ0n) is 17.2. The van der Waals surface area contributed by atoms with E-state index in [0.29, 0.717) is 5.56 Å². The minimum absolute atomic E-state index is 0.190. The number of amides is 1. The van der Waals surface area contributed by atoms with E-state index >= 15 is 0 Å². The lowest BCUT2D eigenvalue weighted by Crippen LogP contribution is -2.43. The molecule has 152 valence electrons. The van der Waals surface area contributed by atoms with Crippen molar-refractivity contribution >= 4 is 16.9 Å². The van der Waals surface area contributed by atoms with Crippen LogP contribution in [0.15, 0.2) is 48.8 Å². The third kappa shape index (κ3) is 4.17. The molecule has 3 aromatic rings. The molecular weight excluding hydrogens is 366 g/mol. The lowest BCUT2D eigenvalue weighted by Gasteiger charge is -2.32. The van der Waals surface area contributed by atoms with E-state index in [1.165, 1.54) is 17.7 Å². The van der Waals surface area contributed by atoms with Crippen LogP contribution in [0.3, 0.4) is 0 Å². The number of hydroxylamine groups is 2. The SMILES string of the molecule is CON(C)C(=O)c1ccc2ncn(-c3ccc(CN4CCN(C)CC4)cc3)c2c1. The number of nitrogens with zero attached hydrogens (tertiary/aromatic N) is 5. The van der Waals surface area contributed by atoms with Gasteiger partial charge in [-0.3, -0.25) is 19.1 Å². The molecule has 1 aliphatic rings. The molecule has 0 saturated carbocycles. The molecule has 0 bridgehead atoms. The Labute approximate surface area is 171 Å². The second-order valence-electron chi connectivity index (χ2n) is 7.55. The molecule has 29 heavy (non-hydrogen) atoms. The molecule has 0 spiro atoms. The number of fused-ring (bicyclic) bond motifs is 1. The first kappa shape index (κ1) is 19.6. The molecule has 7 heteroatoms. The van der Waals surface area contributed by atoms with E-state index in [1.54, 1.807) is 19.4 Å². The summed E-state index contributed by atoms with van der Waals surface area (Å²) in [4.78, 5) is 26.8. The molecule has 0 radical (unpaired) electrons. The molecule has 1 amide bonds. The third-order valence-electron chi connectivity index (χ3n) is 5.57. The van der Waals surface area contributed by atoms with Crippen molar-refractivity contribution < 1.29 is 9.63 Å². The van der Waals surface area contributed by atoms with Crippen LogP contribution in [0.1, 0.15) is 15.9 Å². The fourth-order valence-corrected chi connectivity index (χ4v) is 3.64. The first-order valence-corrected chi connectivity index (χ1v) is 9.84. The largest absolute Gasteiger partial charge is 0.304 e. The number of likely N-dealkylation sites (N-methyl/N-ethyl adjacent to an activating group) is 1. The summed E-state index contributed by atoms with van der Waals surface area (Å²) in [5.41, 5.74) is 4.64. The van der Waals surface area contributed by atoms with Gasteiger partial charge in [0, 0.05) is 51.0 Å². The maximum absolute atomic E-state index is 12.4. The highest BCUT2D eigenvalue weighted by Crippen LogP contribution is 2.21. The minimum Gasteiger partial charge on any atom is -0.304 e. The highest BCUT2D eigenvalue weighted by Gasteiger charge is 2.15. The van der Waals surface area contributed by atoms with E-state index in [2.05, 4.69) is 46.1 Å².